The normalized spacial score (nSPS) is 11.0. The molecule has 0 aliphatic rings. The number of carbonyl (C=O) groups excluding carboxylic acids is 1. The largest absolute Gasteiger partial charge is 0.493 e. The molecule has 5 aromatic rings. The van der Waals surface area contributed by atoms with Gasteiger partial charge >= 0.3 is 6.03 Å². The van der Waals surface area contributed by atoms with Crippen LogP contribution in [0.15, 0.2) is 94.7 Å². The number of aromatic nitrogens is 1. The van der Waals surface area contributed by atoms with Gasteiger partial charge in [-0.25, -0.2) is 9.78 Å². The molecule has 2 aromatic heterocycles. The highest BCUT2D eigenvalue weighted by atomic mass is 32.1. The van der Waals surface area contributed by atoms with E-state index >= 15 is 0 Å². The molecule has 0 aliphatic carbocycles. The van der Waals surface area contributed by atoms with Gasteiger partial charge in [0.25, 0.3) is 0 Å². The Morgan fingerprint density at radius 2 is 1.67 bits per heavy atom. The second kappa shape index (κ2) is 9.18. The highest BCUT2D eigenvalue weighted by Crippen LogP contribution is 2.34. The van der Waals surface area contributed by atoms with Crippen molar-refractivity contribution in [1.82, 2.24) is 10.3 Å². The Bertz CT molecular complexity index is 1340. The van der Waals surface area contributed by atoms with Gasteiger partial charge < -0.3 is 14.5 Å². The van der Waals surface area contributed by atoms with Crippen LogP contribution in [0.4, 0.5) is 9.93 Å². The quantitative estimate of drug-likeness (QED) is 0.307. The van der Waals surface area contributed by atoms with Crippen molar-refractivity contribution in [3.63, 3.8) is 0 Å². The number of anilines is 1. The van der Waals surface area contributed by atoms with E-state index in [-0.39, 0.29) is 12.1 Å². The van der Waals surface area contributed by atoms with Crippen LogP contribution in [0.25, 0.3) is 22.4 Å². The van der Waals surface area contributed by atoms with Crippen LogP contribution in [0.1, 0.15) is 17.2 Å². The molecular weight excluding hydrogens is 434 g/mol. The summed E-state index contributed by atoms with van der Waals surface area (Å²) in [7, 11) is 1.61. The number of rotatable bonds is 6. The average molecular weight is 456 g/mol. The fourth-order valence-corrected chi connectivity index (χ4v) is 4.38. The molecular formula is C26H21N3O3S. The van der Waals surface area contributed by atoms with Crippen molar-refractivity contribution in [3.8, 4) is 17.2 Å². The summed E-state index contributed by atoms with van der Waals surface area (Å²) in [5.74, 6) is 1.28. The van der Waals surface area contributed by atoms with Crippen LogP contribution in [-0.2, 0) is 0 Å². The topological polar surface area (TPSA) is 76.4 Å². The van der Waals surface area contributed by atoms with E-state index in [4.69, 9.17) is 9.15 Å². The van der Waals surface area contributed by atoms with Crippen molar-refractivity contribution in [1.29, 1.82) is 0 Å². The van der Waals surface area contributed by atoms with Crippen LogP contribution in [-0.4, -0.2) is 18.1 Å². The molecule has 0 fully saturated rings. The monoisotopic (exact) mass is 455 g/mol. The van der Waals surface area contributed by atoms with E-state index in [1.54, 1.807) is 7.11 Å². The van der Waals surface area contributed by atoms with Gasteiger partial charge in [0.15, 0.2) is 22.2 Å². The van der Waals surface area contributed by atoms with Gasteiger partial charge in [-0.2, -0.15) is 0 Å². The first-order chi connectivity index (χ1) is 16.2. The number of para-hydroxylation sites is 1. The minimum atomic E-state index is -0.333. The van der Waals surface area contributed by atoms with Gasteiger partial charge in [-0.1, -0.05) is 72.8 Å². The lowest BCUT2D eigenvalue weighted by atomic mass is 9.99. The third-order valence-electron chi connectivity index (χ3n) is 5.25. The number of fused-ring (bicyclic) bond motifs is 1. The predicted molar refractivity (Wildman–Crippen MR) is 131 cm³/mol. The summed E-state index contributed by atoms with van der Waals surface area (Å²) < 4.78 is 11.3. The van der Waals surface area contributed by atoms with Gasteiger partial charge in [-0.05, 0) is 23.3 Å². The first-order valence-corrected chi connectivity index (χ1v) is 11.3. The second-order valence-electron chi connectivity index (χ2n) is 7.38. The molecule has 2 N–H and O–H groups in total. The van der Waals surface area contributed by atoms with Gasteiger partial charge in [0.05, 0.1) is 13.2 Å². The summed E-state index contributed by atoms with van der Waals surface area (Å²) in [5, 5.41) is 9.17. The Balaban J connectivity index is 1.34. The van der Waals surface area contributed by atoms with Crippen molar-refractivity contribution >= 4 is 33.5 Å². The number of hydrogen-bond donors (Lipinski definition) is 2. The second-order valence-corrected chi connectivity index (χ2v) is 8.24. The number of urea groups is 1. The summed E-state index contributed by atoms with van der Waals surface area (Å²) in [6, 6.07) is 26.7. The summed E-state index contributed by atoms with van der Waals surface area (Å²) in [4.78, 5) is 17.4. The standard InChI is InChI=1S/C26H21N3O3S/c1-31-21-14-8-13-19-15-22(32-24(19)21)20-16-33-26(27-20)29-25(30)28-23(17-9-4-2-5-10-17)18-11-6-3-7-12-18/h2-16,23H,1H3,(H2,27,28,29,30). The maximum atomic E-state index is 12.8. The Morgan fingerprint density at radius 1 is 0.970 bits per heavy atom. The molecule has 0 unspecified atom stereocenters. The van der Waals surface area contributed by atoms with Gasteiger partial charge in [-0.3, -0.25) is 5.32 Å². The lowest BCUT2D eigenvalue weighted by molar-refractivity contribution is 0.250. The van der Waals surface area contributed by atoms with Crippen LogP contribution in [0.5, 0.6) is 5.75 Å². The first kappa shape index (κ1) is 20.8. The zero-order chi connectivity index (χ0) is 22.6. The van der Waals surface area contributed by atoms with E-state index in [1.807, 2.05) is 90.3 Å². The first-order valence-electron chi connectivity index (χ1n) is 10.4. The summed E-state index contributed by atoms with van der Waals surface area (Å²) in [5.41, 5.74) is 3.31. The third kappa shape index (κ3) is 4.44. The number of benzene rings is 3. The number of thiazole rings is 1. The third-order valence-corrected chi connectivity index (χ3v) is 6.00. The molecule has 164 valence electrons. The summed E-state index contributed by atoms with van der Waals surface area (Å²) in [6.45, 7) is 0. The Morgan fingerprint density at radius 3 is 2.33 bits per heavy atom. The molecule has 0 radical (unpaired) electrons. The van der Waals surface area contributed by atoms with Gasteiger partial charge in [-0.15, -0.1) is 11.3 Å². The number of ether oxygens (including phenoxy) is 1. The van der Waals surface area contributed by atoms with Crippen LogP contribution >= 0.6 is 11.3 Å². The summed E-state index contributed by atoms with van der Waals surface area (Å²) in [6.07, 6.45) is 0. The molecule has 6 nitrogen and oxygen atoms in total. The Kier molecular flexibility index (Phi) is 5.78. The van der Waals surface area contributed by atoms with E-state index in [1.165, 1.54) is 11.3 Å². The van der Waals surface area contributed by atoms with Crippen LogP contribution in [0, 0.1) is 0 Å². The van der Waals surface area contributed by atoms with Gasteiger partial charge in [0.2, 0.25) is 0 Å². The van der Waals surface area contributed by atoms with E-state index < -0.39 is 0 Å². The van der Waals surface area contributed by atoms with E-state index in [0.29, 0.717) is 27.9 Å². The molecule has 3 aromatic carbocycles. The summed E-state index contributed by atoms with van der Waals surface area (Å²) >= 11 is 1.34. The molecule has 0 saturated heterocycles. The lowest BCUT2D eigenvalue weighted by Gasteiger charge is -2.19. The van der Waals surface area contributed by atoms with Gasteiger partial charge in [0, 0.05) is 10.8 Å². The van der Waals surface area contributed by atoms with Crippen LogP contribution in [0.2, 0.25) is 0 Å². The highest BCUT2D eigenvalue weighted by molar-refractivity contribution is 7.14. The molecule has 7 heteroatoms. The zero-order valence-corrected chi connectivity index (χ0v) is 18.6. The number of nitrogens with zero attached hydrogens (tertiary/aromatic N) is 1. The van der Waals surface area contributed by atoms with Crippen molar-refractivity contribution in [2.75, 3.05) is 12.4 Å². The number of nitrogens with one attached hydrogen (secondary N) is 2. The number of methoxy groups -OCH3 is 1. The van der Waals surface area contributed by atoms with Gasteiger partial charge in [0.1, 0.15) is 5.69 Å². The Hall–Kier alpha value is -4.10. The average Bonchev–Trinajstić information content (AvgIpc) is 3.50. The predicted octanol–water partition coefficient (Wildman–Crippen LogP) is 6.48. The van der Waals surface area contributed by atoms with Crippen molar-refractivity contribution in [2.45, 2.75) is 6.04 Å². The minimum Gasteiger partial charge on any atom is -0.493 e. The molecule has 0 spiro atoms. The number of carbonyl (C=O) groups is 1. The van der Waals surface area contributed by atoms with Crippen molar-refractivity contribution in [2.24, 2.45) is 0 Å². The highest BCUT2D eigenvalue weighted by Gasteiger charge is 2.18. The molecule has 2 heterocycles. The molecule has 5 rings (SSSR count). The van der Waals surface area contributed by atoms with E-state index in [9.17, 15) is 4.79 Å². The number of furan rings is 1. The van der Waals surface area contributed by atoms with Crippen molar-refractivity contribution < 1.29 is 13.9 Å². The van der Waals surface area contributed by atoms with Crippen LogP contribution in [0.3, 0.4) is 0 Å². The maximum absolute atomic E-state index is 12.8. The zero-order valence-electron chi connectivity index (χ0n) is 17.8. The molecule has 0 atom stereocenters. The minimum absolute atomic E-state index is 0.283. The SMILES string of the molecule is COc1cccc2cc(-c3csc(NC(=O)NC(c4ccccc4)c4ccccc4)n3)oc12. The van der Waals surface area contributed by atoms with E-state index in [0.717, 1.165) is 16.5 Å². The fourth-order valence-electron chi connectivity index (χ4n) is 3.68. The van der Waals surface area contributed by atoms with E-state index in [2.05, 4.69) is 15.6 Å². The lowest BCUT2D eigenvalue weighted by Crippen LogP contribution is -2.33. The molecule has 0 bridgehead atoms. The Labute approximate surface area is 194 Å². The van der Waals surface area contributed by atoms with Crippen LogP contribution < -0.4 is 15.4 Å². The molecule has 0 saturated carbocycles. The maximum Gasteiger partial charge on any atom is 0.321 e. The fraction of sp³-hybridized carbons (Fsp3) is 0.0769. The number of amides is 2. The molecule has 2 amide bonds. The molecule has 33 heavy (non-hydrogen) atoms. The van der Waals surface area contributed by atoms with Crippen molar-refractivity contribution in [3.05, 3.63) is 101 Å². The molecule has 0 aliphatic heterocycles. The smallest absolute Gasteiger partial charge is 0.321 e. The number of hydrogen-bond acceptors (Lipinski definition) is 5.